The van der Waals surface area contributed by atoms with Crippen LogP contribution < -0.4 is 0 Å². The third-order valence-electron chi connectivity index (χ3n) is 5.93. The minimum Gasteiger partial charge on any atom is -0.475 e. The van der Waals surface area contributed by atoms with E-state index in [0.29, 0.717) is 31.9 Å². The van der Waals surface area contributed by atoms with Crippen LogP contribution in [0.5, 0.6) is 0 Å². The number of nitriles is 1. The number of H-pyrrole nitrogens is 1. The van der Waals surface area contributed by atoms with Crippen LogP contribution in [-0.4, -0.2) is 81.0 Å². The van der Waals surface area contributed by atoms with Gasteiger partial charge in [-0.3, -0.25) is 4.68 Å². The van der Waals surface area contributed by atoms with E-state index < -0.39 is 28.2 Å². The number of fused-ring (bicyclic) bond motifs is 1. The lowest BCUT2D eigenvalue weighted by Crippen LogP contribution is -2.40. The molecule has 12 nitrogen and oxygen atoms in total. The summed E-state index contributed by atoms with van der Waals surface area (Å²) in [5, 5.41) is 21.9. The van der Waals surface area contributed by atoms with Crippen LogP contribution in [0.25, 0.3) is 22.3 Å². The molecule has 0 saturated carbocycles. The summed E-state index contributed by atoms with van der Waals surface area (Å²) in [7, 11) is -3.65. The number of hydrogen-bond donors (Lipinski definition) is 2. The highest BCUT2D eigenvalue weighted by atomic mass is 32.2. The first kappa shape index (κ1) is 28.7. The van der Waals surface area contributed by atoms with Gasteiger partial charge in [0.05, 0.1) is 48.5 Å². The molecule has 0 amide bonds. The van der Waals surface area contributed by atoms with Gasteiger partial charge in [0.15, 0.2) is 0 Å². The smallest absolute Gasteiger partial charge is 0.475 e. The number of carbonyl (C=O) groups is 1. The Kier molecular flexibility index (Phi) is 8.47. The number of alkyl halides is 3. The number of hydrogen-bond acceptors (Lipinski definition) is 8. The topological polar surface area (TPSA) is 167 Å². The Balaban J connectivity index is 0.000000470. The molecular formula is C24H22F3N7O5S. The summed E-state index contributed by atoms with van der Waals surface area (Å²) in [6, 6.07) is 10.4. The van der Waals surface area contributed by atoms with Crippen molar-refractivity contribution in [3.05, 3.63) is 60.8 Å². The molecule has 1 aliphatic heterocycles. The second kappa shape index (κ2) is 11.8. The predicted molar refractivity (Wildman–Crippen MR) is 133 cm³/mol. The van der Waals surface area contributed by atoms with Gasteiger partial charge in [-0.1, -0.05) is 12.1 Å². The van der Waals surface area contributed by atoms with Gasteiger partial charge >= 0.3 is 12.1 Å². The van der Waals surface area contributed by atoms with E-state index in [1.165, 1.54) is 10.6 Å². The van der Waals surface area contributed by atoms with Gasteiger partial charge in [0.2, 0.25) is 10.0 Å². The number of carboxylic acid groups (broad SMARTS) is 1. The molecule has 16 heteroatoms. The van der Waals surface area contributed by atoms with Gasteiger partial charge < -0.3 is 14.8 Å². The van der Waals surface area contributed by atoms with Crippen molar-refractivity contribution in [3.63, 3.8) is 0 Å². The monoisotopic (exact) mass is 577 g/mol. The first-order valence-electron chi connectivity index (χ1n) is 11.7. The number of sulfonamides is 1. The summed E-state index contributed by atoms with van der Waals surface area (Å²) in [4.78, 5) is 20.8. The van der Waals surface area contributed by atoms with Gasteiger partial charge in [-0.15, -0.1) is 0 Å². The maximum absolute atomic E-state index is 13.1. The van der Waals surface area contributed by atoms with E-state index in [1.54, 1.807) is 35.3 Å². The minimum absolute atomic E-state index is 0.130. The normalized spacial score (nSPS) is 15.2. The van der Waals surface area contributed by atoms with Crippen molar-refractivity contribution in [2.24, 2.45) is 0 Å². The highest BCUT2D eigenvalue weighted by molar-refractivity contribution is 7.89. The largest absolute Gasteiger partial charge is 0.490 e. The van der Waals surface area contributed by atoms with Crippen molar-refractivity contribution in [3.8, 4) is 17.3 Å². The maximum Gasteiger partial charge on any atom is 0.490 e. The zero-order valence-corrected chi connectivity index (χ0v) is 21.4. The molecular weight excluding hydrogens is 555 g/mol. The van der Waals surface area contributed by atoms with Gasteiger partial charge in [-0.25, -0.2) is 23.2 Å². The first-order valence-corrected chi connectivity index (χ1v) is 13.1. The number of nitrogens with zero attached hydrogens (tertiary/aromatic N) is 6. The highest BCUT2D eigenvalue weighted by Crippen LogP contribution is 2.29. The molecule has 1 saturated heterocycles. The Labute approximate surface area is 225 Å². The Morgan fingerprint density at radius 3 is 2.62 bits per heavy atom. The van der Waals surface area contributed by atoms with E-state index in [9.17, 15) is 26.9 Å². The number of aromatic nitrogens is 5. The molecule has 1 unspecified atom stereocenters. The summed E-state index contributed by atoms with van der Waals surface area (Å²) >= 11 is 0. The number of aliphatic carboxylic acids is 1. The Bertz CT molecular complexity index is 1640. The average Bonchev–Trinajstić information content (AvgIpc) is 3.62. The number of nitrogens with one attached hydrogen (secondary N) is 1. The van der Waals surface area contributed by atoms with Crippen LogP contribution in [0.1, 0.15) is 18.0 Å². The van der Waals surface area contributed by atoms with E-state index in [4.69, 9.17) is 14.6 Å². The molecule has 0 spiro atoms. The molecule has 1 aliphatic rings. The average molecular weight is 578 g/mol. The predicted octanol–water partition coefficient (Wildman–Crippen LogP) is 2.98. The number of halogens is 3. The Morgan fingerprint density at radius 1 is 1.23 bits per heavy atom. The summed E-state index contributed by atoms with van der Waals surface area (Å²) in [6.45, 7) is 1.40. The summed E-state index contributed by atoms with van der Waals surface area (Å²) in [5.41, 5.74) is 2.92. The number of rotatable bonds is 6. The standard InChI is InChI=1S/C22H21N7O3S.C2HF3O2/c23-6-4-20(16-2-1-3-18(12-16)33(30,31)28-8-10-32-11-9-28)29-14-17(13-27-29)21-19-5-7-24-22(19)26-15-25-21;3-2(4,5)1(6)7/h1-3,5,7,12-15,20H,4,8-11H2,(H,24,25,26);(H,6,7). The minimum atomic E-state index is -5.08. The first-order chi connectivity index (χ1) is 19.0. The fraction of sp³-hybridized carbons (Fsp3) is 0.292. The molecule has 2 N–H and O–H groups in total. The van der Waals surface area contributed by atoms with Gasteiger partial charge in [-0.2, -0.15) is 27.8 Å². The third kappa shape index (κ3) is 6.28. The lowest BCUT2D eigenvalue weighted by molar-refractivity contribution is -0.192. The zero-order valence-electron chi connectivity index (χ0n) is 20.6. The van der Waals surface area contributed by atoms with E-state index in [2.05, 4.69) is 26.1 Å². The van der Waals surface area contributed by atoms with E-state index in [1.807, 2.05) is 18.3 Å². The molecule has 210 valence electrons. The highest BCUT2D eigenvalue weighted by Gasteiger charge is 2.38. The number of benzene rings is 1. The van der Waals surface area contributed by atoms with Crippen LogP contribution in [0.2, 0.25) is 0 Å². The third-order valence-corrected chi connectivity index (χ3v) is 7.82. The van der Waals surface area contributed by atoms with Crippen molar-refractivity contribution in [2.45, 2.75) is 23.5 Å². The second-order valence-corrected chi connectivity index (χ2v) is 10.4. The maximum atomic E-state index is 13.1. The van der Waals surface area contributed by atoms with E-state index in [0.717, 1.165) is 22.3 Å². The molecule has 4 aromatic rings. The molecule has 40 heavy (non-hydrogen) atoms. The fourth-order valence-electron chi connectivity index (χ4n) is 4.00. The van der Waals surface area contributed by atoms with Crippen molar-refractivity contribution in [1.29, 1.82) is 5.26 Å². The fourth-order valence-corrected chi connectivity index (χ4v) is 5.47. The van der Waals surface area contributed by atoms with Crippen LogP contribution in [0.15, 0.2) is 60.1 Å². The quantitative estimate of drug-likeness (QED) is 0.350. The summed E-state index contributed by atoms with van der Waals surface area (Å²) < 4.78 is 66.3. The second-order valence-electron chi connectivity index (χ2n) is 8.44. The molecule has 3 aromatic heterocycles. The Hall–Kier alpha value is -4.33. The summed E-state index contributed by atoms with van der Waals surface area (Å²) in [6.07, 6.45) is 1.84. The van der Waals surface area contributed by atoms with Crippen molar-refractivity contribution in [2.75, 3.05) is 26.3 Å². The van der Waals surface area contributed by atoms with Gasteiger partial charge in [-0.05, 0) is 23.8 Å². The number of morpholine rings is 1. The van der Waals surface area contributed by atoms with E-state index >= 15 is 0 Å². The molecule has 1 aromatic carbocycles. The van der Waals surface area contributed by atoms with Crippen LogP contribution >= 0.6 is 0 Å². The molecule has 1 atom stereocenters. The molecule has 4 heterocycles. The molecule has 0 radical (unpaired) electrons. The lowest BCUT2D eigenvalue weighted by Gasteiger charge is -2.26. The van der Waals surface area contributed by atoms with Gasteiger partial charge in [0.1, 0.15) is 12.0 Å². The number of aromatic amines is 1. The molecule has 0 bridgehead atoms. The molecule has 1 fully saturated rings. The zero-order chi connectivity index (χ0) is 28.9. The van der Waals surface area contributed by atoms with Crippen LogP contribution in [0.3, 0.4) is 0 Å². The van der Waals surface area contributed by atoms with Crippen LogP contribution in [0.4, 0.5) is 13.2 Å². The van der Waals surface area contributed by atoms with Crippen LogP contribution in [-0.2, 0) is 19.6 Å². The van der Waals surface area contributed by atoms with Crippen LogP contribution in [0, 0.1) is 11.3 Å². The SMILES string of the molecule is N#CCC(c1cccc(S(=O)(=O)N2CCOCC2)c1)n1cc(-c2ncnc3[nH]ccc23)cn1.O=C(O)C(F)(F)F. The van der Waals surface area contributed by atoms with E-state index in [-0.39, 0.29) is 11.3 Å². The Morgan fingerprint density at radius 2 is 1.95 bits per heavy atom. The lowest BCUT2D eigenvalue weighted by atomic mass is 10.0. The molecule has 0 aliphatic carbocycles. The number of carboxylic acids is 1. The van der Waals surface area contributed by atoms with Gasteiger partial charge in [0.25, 0.3) is 0 Å². The molecule has 5 rings (SSSR count). The van der Waals surface area contributed by atoms with Crippen molar-refractivity contribution >= 4 is 27.0 Å². The summed E-state index contributed by atoms with van der Waals surface area (Å²) in [5.74, 6) is -2.76. The van der Waals surface area contributed by atoms with Gasteiger partial charge in [0, 0.05) is 36.4 Å². The number of ether oxygens (including phenoxy) is 1. The van der Waals surface area contributed by atoms with Crippen molar-refractivity contribution < 1.29 is 36.2 Å². The van der Waals surface area contributed by atoms with Crippen molar-refractivity contribution in [1.82, 2.24) is 29.0 Å².